The van der Waals surface area contributed by atoms with E-state index in [-0.39, 0.29) is 6.04 Å². The summed E-state index contributed by atoms with van der Waals surface area (Å²) >= 11 is 1.54. The number of rotatable bonds is 4. The van der Waals surface area contributed by atoms with E-state index in [1.54, 1.807) is 10.9 Å². The Balaban J connectivity index is 1.57. The van der Waals surface area contributed by atoms with Crippen LogP contribution in [0.4, 0.5) is 5.13 Å². The van der Waals surface area contributed by atoms with E-state index in [9.17, 15) is 0 Å². The van der Waals surface area contributed by atoms with Crippen molar-refractivity contribution >= 4 is 16.5 Å². The van der Waals surface area contributed by atoms with Crippen molar-refractivity contribution in [1.82, 2.24) is 29.8 Å². The van der Waals surface area contributed by atoms with Crippen molar-refractivity contribution in [1.29, 1.82) is 0 Å². The maximum absolute atomic E-state index is 5.77. The summed E-state index contributed by atoms with van der Waals surface area (Å²) in [6.07, 6.45) is 10.1. The van der Waals surface area contributed by atoms with Gasteiger partial charge in [-0.1, -0.05) is 18.0 Å². The first-order valence-corrected chi connectivity index (χ1v) is 9.27. The van der Waals surface area contributed by atoms with E-state index < -0.39 is 0 Å². The van der Waals surface area contributed by atoms with Crippen LogP contribution in [0.5, 0.6) is 0 Å². The Morgan fingerprint density at radius 3 is 3.00 bits per heavy atom. The smallest absolute Gasteiger partial charge is 0.261 e. The summed E-state index contributed by atoms with van der Waals surface area (Å²) in [5, 5.41) is 9.04. The Morgan fingerprint density at radius 2 is 2.24 bits per heavy atom. The first-order chi connectivity index (χ1) is 12.2. The Hall–Kier alpha value is -2.26. The highest BCUT2D eigenvalue weighted by atomic mass is 32.1. The lowest BCUT2D eigenvalue weighted by molar-refractivity contribution is 0.182. The van der Waals surface area contributed by atoms with Crippen LogP contribution in [0.1, 0.15) is 42.4 Å². The van der Waals surface area contributed by atoms with Crippen LogP contribution in [0.2, 0.25) is 0 Å². The second kappa shape index (κ2) is 6.93. The summed E-state index contributed by atoms with van der Waals surface area (Å²) in [7, 11) is 1.87. The molecule has 4 heterocycles. The van der Waals surface area contributed by atoms with Crippen molar-refractivity contribution in [3.05, 3.63) is 29.3 Å². The Labute approximate surface area is 149 Å². The minimum absolute atomic E-state index is 0.153. The lowest BCUT2D eigenvalue weighted by Gasteiger charge is -2.26. The molecule has 0 saturated carbocycles. The summed E-state index contributed by atoms with van der Waals surface area (Å²) in [5.41, 5.74) is 6.62. The van der Waals surface area contributed by atoms with E-state index in [4.69, 9.17) is 10.3 Å². The molecule has 2 N–H and O–H groups in total. The number of aromatic nitrogens is 5. The van der Waals surface area contributed by atoms with Crippen LogP contribution in [0.25, 0.3) is 11.5 Å². The normalized spacial score (nSPS) is 19.2. The Bertz CT molecular complexity index is 839. The average molecular weight is 359 g/mol. The highest BCUT2D eigenvalue weighted by Gasteiger charge is 2.28. The molecule has 8 nitrogen and oxygen atoms in total. The summed E-state index contributed by atoms with van der Waals surface area (Å²) in [5.74, 6) is 1.27. The van der Waals surface area contributed by atoms with Crippen molar-refractivity contribution in [2.24, 2.45) is 7.05 Å². The predicted octanol–water partition coefficient (Wildman–Crippen LogP) is 2.63. The lowest BCUT2D eigenvalue weighted by atomic mass is 10.1. The largest absolute Gasteiger partial charge is 0.375 e. The van der Waals surface area contributed by atoms with Crippen LogP contribution in [0.3, 0.4) is 0 Å². The second-order valence-corrected chi connectivity index (χ2v) is 7.51. The molecule has 0 amide bonds. The monoisotopic (exact) mass is 359 g/mol. The van der Waals surface area contributed by atoms with Gasteiger partial charge in [0.15, 0.2) is 11.0 Å². The molecule has 1 atom stereocenters. The van der Waals surface area contributed by atoms with Crippen LogP contribution in [-0.2, 0) is 13.6 Å². The number of nitrogens with two attached hydrogens (primary N) is 1. The molecule has 0 spiro atoms. The fraction of sp³-hybridized carbons (Fsp3) is 0.500. The summed E-state index contributed by atoms with van der Waals surface area (Å²) in [6, 6.07) is 0.153. The van der Waals surface area contributed by atoms with E-state index in [2.05, 4.69) is 25.1 Å². The first kappa shape index (κ1) is 16.2. The minimum atomic E-state index is 0.153. The molecule has 4 rings (SSSR count). The molecule has 9 heteroatoms. The molecule has 132 valence electrons. The molecule has 25 heavy (non-hydrogen) atoms. The van der Waals surface area contributed by atoms with Crippen LogP contribution in [0.15, 0.2) is 23.1 Å². The van der Waals surface area contributed by atoms with Gasteiger partial charge < -0.3 is 10.3 Å². The van der Waals surface area contributed by atoms with Crippen molar-refractivity contribution in [2.45, 2.75) is 38.3 Å². The third kappa shape index (κ3) is 3.57. The maximum Gasteiger partial charge on any atom is 0.261 e. The Kier molecular flexibility index (Phi) is 4.50. The van der Waals surface area contributed by atoms with Gasteiger partial charge in [-0.15, -0.1) is 11.3 Å². The molecule has 3 aromatic heterocycles. The van der Waals surface area contributed by atoms with Gasteiger partial charge in [0.05, 0.1) is 17.8 Å². The van der Waals surface area contributed by atoms with E-state index in [0.29, 0.717) is 11.0 Å². The second-order valence-electron chi connectivity index (χ2n) is 6.36. The topological polar surface area (TPSA) is 98.9 Å². The summed E-state index contributed by atoms with van der Waals surface area (Å²) < 4.78 is 7.22. The lowest BCUT2D eigenvalue weighted by Crippen LogP contribution is -2.28. The van der Waals surface area contributed by atoms with Gasteiger partial charge in [0.1, 0.15) is 0 Å². The van der Waals surface area contributed by atoms with Gasteiger partial charge in [-0.25, -0.2) is 4.98 Å². The predicted molar refractivity (Wildman–Crippen MR) is 94.6 cm³/mol. The molecular formula is C16H21N7OS. The zero-order chi connectivity index (χ0) is 17.2. The number of aryl methyl sites for hydroxylation is 1. The van der Waals surface area contributed by atoms with Crippen molar-refractivity contribution in [3.63, 3.8) is 0 Å². The van der Waals surface area contributed by atoms with Crippen LogP contribution in [-0.4, -0.2) is 36.3 Å². The van der Waals surface area contributed by atoms with Crippen LogP contribution in [0, 0.1) is 0 Å². The number of anilines is 1. The van der Waals surface area contributed by atoms with Crippen molar-refractivity contribution in [3.8, 4) is 11.5 Å². The number of nitrogens with zero attached hydrogens (tertiary/aromatic N) is 6. The summed E-state index contributed by atoms with van der Waals surface area (Å²) in [4.78, 5) is 12.4. The van der Waals surface area contributed by atoms with Gasteiger partial charge in [0.2, 0.25) is 0 Å². The average Bonchev–Trinajstić information content (AvgIpc) is 3.28. The Morgan fingerprint density at radius 1 is 1.32 bits per heavy atom. The van der Waals surface area contributed by atoms with Gasteiger partial charge in [-0.3, -0.25) is 9.58 Å². The fourth-order valence-corrected chi connectivity index (χ4v) is 3.97. The number of hydrogen-bond acceptors (Lipinski definition) is 8. The number of likely N-dealkylation sites (tertiary alicyclic amines) is 1. The van der Waals surface area contributed by atoms with Crippen molar-refractivity contribution < 1.29 is 4.52 Å². The van der Waals surface area contributed by atoms with Gasteiger partial charge in [0.25, 0.3) is 5.89 Å². The van der Waals surface area contributed by atoms with Crippen LogP contribution >= 0.6 is 11.3 Å². The van der Waals surface area contributed by atoms with Crippen LogP contribution < -0.4 is 5.73 Å². The molecule has 0 radical (unpaired) electrons. The van der Waals surface area contributed by atoms with Gasteiger partial charge in [-0.05, 0) is 19.4 Å². The quantitative estimate of drug-likeness (QED) is 0.764. The number of hydrogen-bond donors (Lipinski definition) is 1. The maximum atomic E-state index is 5.77. The molecule has 1 unspecified atom stereocenters. The van der Waals surface area contributed by atoms with Gasteiger partial charge >= 0.3 is 0 Å². The molecule has 1 aliphatic rings. The van der Waals surface area contributed by atoms with E-state index >= 15 is 0 Å². The zero-order valence-electron chi connectivity index (χ0n) is 14.1. The molecule has 3 aromatic rings. The molecule has 1 saturated heterocycles. The molecular weight excluding hydrogens is 338 g/mol. The zero-order valence-corrected chi connectivity index (χ0v) is 14.9. The minimum Gasteiger partial charge on any atom is -0.375 e. The summed E-state index contributed by atoms with van der Waals surface area (Å²) in [6.45, 7) is 1.83. The molecule has 1 fully saturated rings. The molecule has 0 bridgehead atoms. The SMILES string of the molecule is Cn1cc(-c2nc(C3CCCCCN3Cc3cnc(N)s3)no2)cn1. The van der Waals surface area contributed by atoms with Crippen molar-refractivity contribution in [2.75, 3.05) is 12.3 Å². The third-order valence-electron chi connectivity index (χ3n) is 4.49. The number of nitrogen functional groups attached to an aromatic ring is 1. The van der Waals surface area contributed by atoms with E-state index in [1.807, 2.05) is 19.4 Å². The van der Waals surface area contributed by atoms with Gasteiger partial charge in [0, 0.05) is 30.9 Å². The highest BCUT2D eigenvalue weighted by Crippen LogP contribution is 2.32. The molecule has 0 aliphatic carbocycles. The van der Waals surface area contributed by atoms with Gasteiger partial charge in [-0.2, -0.15) is 10.1 Å². The van der Waals surface area contributed by atoms with E-state index in [1.165, 1.54) is 35.5 Å². The third-order valence-corrected chi connectivity index (χ3v) is 5.30. The fourth-order valence-electron chi connectivity index (χ4n) is 3.26. The molecule has 0 aromatic carbocycles. The van der Waals surface area contributed by atoms with E-state index in [0.717, 1.165) is 30.9 Å². The highest BCUT2D eigenvalue weighted by molar-refractivity contribution is 7.15. The molecule has 1 aliphatic heterocycles. The standard InChI is InChI=1S/C16H21N7OS/c1-22-9-11(7-19-22)15-20-14(21-24-15)13-5-3-2-4-6-23(13)10-12-8-18-16(17)25-12/h7-9,13H,2-6,10H2,1H3,(H2,17,18). The first-order valence-electron chi connectivity index (χ1n) is 8.46. The number of thiazole rings is 1.